The molecule has 4 rings (SSSR count). The first-order valence-electron chi connectivity index (χ1n) is 10.5. The summed E-state index contributed by atoms with van der Waals surface area (Å²) in [4.78, 5) is 17.1. The van der Waals surface area contributed by atoms with E-state index in [0.717, 1.165) is 55.1 Å². The quantitative estimate of drug-likeness (QED) is 0.594. The molecule has 1 aliphatic carbocycles. The van der Waals surface area contributed by atoms with E-state index in [2.05, 4.69) is 41.0 Å². The Morgan fingerprint density at radius 2 is 1.90 bits per heavy atom. The number of amides is 1. The number of thiol groups is 1. The normalized spacial score (nSPS) is 26.6. The van der Waals surface area contributed by atoms with Gasteiger partial charge < -0.3 is 9.64 Å². The van der Waals surface area contributed by atoms with Crippen molar-refractivity contribution >= 4 is 44.6 Å². The Bertz CT molecular complexity index is 868. The molecule has 0 spiro atoms. The molecule has 2 atom stereocenters. The summed E-state index contributed by atoms with van der Waals surface area (Å²) in [6.07, 6.45) is 4.76. The van der Waals surface area contributed by atoms with Crippen molar-refractivity contribution in [1.82, 2.24) is 8.61 Å². The molecular formula is C20H29N3O4S3. The van der Waals surface area contributed by atoms with Crippen molar-refractivity contribution in [2.45, 2.75) is 43.6 Å². The molecule has 0 aromatic heterocycles. The van der Waals surface area contributed by atoms with Gasteiger partial charge in [0, 0.05) is 36.5 Å². The summed E-state index contributed by atoms with van der Waals surface area (Å²) < 4.78 is 27.6. The second-order valence-corrected chi connectivity index (χ2v) is 11.7. The van der Waals surface area contributed by atoms with E-state index in [9.17, 15) is 13.6 Å². The Morgan fingerprint density at radius 1 is 1.23 bits per heavy atom. The third-order valence-electron chi connectivity index (χ3n) is 6.57. The Balaban J connectivity index is 1.42. The van der Waals surface area contributed by atoms with Crippen molar-refractivity contribution in [2.24, 2.45) is 0 Å². The summed E-state index contributed by atoms with van der Waals surface area (Å²) in [5.41, 5.74) is 2.41. The van der Waals surface area contributed by atoms with Gasteiger partial charge in [0.25, 0.3) is 0 Å². The van der Waals surface area contributed by atoms with Crippen LogP contribution in [0.3, 0.4) is 0 Å². The second kappa shape index (κ2) is 9.01. The van der Waals surface area contributed by atoms with Crippen molar-refractivity contribution in [3.8, 4) is 0 Å². The van der Waals surface area contributed by atoms with Crippen LogP contribution >= 0.6 is 12.8 Å². The van der Waals surface area contributed by atoms with Crippen LogP contribution in [0.4, 0.5) is 5.69 Å². The van der Waals surface area contributed by atoms with E-state index in [0.29, 0.717) is 13.0 Å². The Labute approximate surface area is 188 Å². The Morgan fingerprint density at radius 3 is 2.50 bits per heavy atom. The molecule has 2 heterocycles. The zero-order valence-corrected chi connectivity index (χ0v) is 19.5. The van der Waals surface area contributed by atoms with Crippen molar-refractivity contribution < 1.29 is 18.3 Å². The molecule has 1 saturated carbocycles. The molecule has 0 radical (unpaired) electrons. The molecule has 1 aromatic carbocycles. The molecule has 2 saturated heterocycles. The third kappa shape index (κ3) is 4.85. The highest BCUT2D eigenvalue weighted by Crippen LogP contribution is 2.51. The van der Waals surface area contributed by atoms with Crippen LogP contribution in [0.5, 0.6) is 0 Å². The first-order chi connectivity index (χ1) is 14.3. The highest BCUT2D eigenvalue weighted by molar-refractivity contribution is 8.30. The lowest BCUT2D eigenvalue weighted by Crippen LogP contribution is -2.51. The van der Waals surface area contributed by atoms with Gasteiger partial charge in [-0.1, -0.05) is 24.9 Å². The molecule has 166 valence electrons. The summed E-state index contributed by atoms with van der Waals surface area (Å²) in [6, 6.07) is 7.48. The molecule has 3 aliphatic rings. The van der Waals surface area contributed by atoms with E-state index in [1.54, 1.807) is 4.90 Å². The summed E-state index contributed by atoms with van der Waals surface area (Å²) in [5.74, 6) is -0.232. The van der Waals surface area contributed by atoms with Gasteiger partial charge in [0.05, 0.1) is 13.2 Å². The lowest BCUT2D eigenvalue weighted by atomic mass is 9.91. The number of piperidine rings is 1. The average Bonchev–Trinajstić information content (AvgIpc) is 3.53. The smallest absolute Gasteiger partial charge is 0.246 e. The van der Waals surface area contributed by atoms with E-state index in [-0.39, 0.29) is 11.3 Å². The van der Waals surface area contributed by atoms with Gasteiger partial charge in [-0.15, -0.1) is 3.71 Å². The monoisotopic (exact) mass is 471 g/mol. The standard InChI is InChI=1S/C20H29N3O4S3/c24-19-18(23(28)30(25,26)29)2-1-10-22(19)17-5-3-16(4-6-17)20(7-8-20)9-11-21-12-14-27-15-13-21/h3-6,18,28H,1-2,7-15H2,(H,25,26,29). The highest BCUT2D eigenvalue weighted by Gasteiger charge is 2.44. The van der Waals surface area contributed by atoms with Crippen molar-refractivity contribution in [1.29, 1.82) is 0 Å². The molecule has 0 bridgehead atoms. The van der Waals surface area contributed by atoms with E-state index >= 15 is 0 Å². The van der Waals surface area contributed by atoms with Crippen LogP contribution < -0.4 is 4.90 Å². The Kier molecular flexibility index (Phi) is 6.74. The molecular weight excluding hydrogens is 442 g/mol. The summed E-state index contributed by atoms with van der Waals surface area (Å²) in [5, 5.41) is 0. The molecule has 10 heteroatoms. The van der Waals surface area contributed by atoms with Gasteiger partial charge in [-0.25, -0.2) is 4.21 Å². The molecule has 1 amide bonds. The SMILES string of the molecule is O=C1C(N(S)S(=O)(O)=S)CCCN1c1ccc(C2(CCN3CCOCC3)CC2)cc1. The number of hydrogen-bond acceptors (Lipinski definition) is 6. The fourth-order valence-corrected chi connectivity index (χ4v) is 5.55. The van der Waals surface area contributed by atoms with Crippen LogP contribution in [-0.4, -0.2) is 68.7 Å². The third-order valence-corrected chi connectivity index (χ3v) is 9.05. The topological polar surface area (TPSA) is 73.3 Å². The van der Waals surface area contributed by atoms with Gasteiger partial charge in [-0.2, -0.15) is 0 Å². The molecule has 2 aliphatic heterocycles. The van der Waals surface area contributed by atoms with Crippen molar-refractivity contribution in [2.75, 3.05) is 44.3 Å². The maximum absolute atomic E-state index is 12.9. The lowest BCUT2D eigenvalue weighted by Gasteiger charge is -2.35. The number of carbonyl (C=O) groups excluding carboxylic acids is 1. The first-order valence-corrected chi connectivity index (χ1v) is 13.3. The van der Waals surface area contributed by atoms with Crippen LogP contribution in [0.2, 0.25) is 0 Å². The summed E-state index contributed by atoms with van der Waals surface area (Å²) >= 11 is 8.62. The number of nitrogens with zero attached hydrogens (tertiary/aromatic N) is 3. The van der Waals surface area contributed by atoms with Gasteiger partial charge in [0.2, 0.25) is 14.9 Å². The fourth-order valence-electron chi connectivity index (χ4n) is 4.50. The fraction of sp³-hybridized carbons (Fsp3) is 0.650. The van der Waals surface area contributed by atoms with Gasteiger partial charge in [-0.3, -0.25) is 14.2 Å². The van der Waals surface area contributed by atoms with Gasteiger partial charge in [0.15, 0.2) is 0 Å². The van der Waals surface area contributed by atoms with E-state index in [1.807, 2.05) is 12.1 Å². The van der Waals surface area contributed by atoms with Crippen LogP contribution in [0.1, 0.15) is 37.7 Å². The molecule has 1 aromatic rings. The zero-order valence-electron chi connectivity index (χ0n) is 16.9. The number of hydrogen-bond donors (Lipinski definition) is 2. The number of benzene rings is 1. The van der Waals surface area contributed by atoms with Gasteiger partial charge in [0.1, 0.15) is 6.04 Å². The van der Waals surface area contributed by atoms with E-state index in [1.165, 1.54) is 18.4 Å². The molecule has 2 unspecified atom stereocenters. The predicted molar refractivity (Wildman–Crippen MR) is 124 cm³/mol. The maximum atomic E-state index is 12.9. The van der Waals surface area contributed by atoms with E-state index in [4.69, 9.17) is 4.74 Å². The van der Waals surface area contributed by atoms with Crippen LogP contribution in [-0.2, 0) is 35.1 Å². The van der Waals surface area contributed by atoms with Crippen LogP contribution in [0, 0.1) is 0 Å². The highest BCUT2D eigenvalue weighted by atomic mass is 32.9. The second-order valence-electron chi connectivity index (χ2n) is 8.43. The number of morpholine rings is 1. The molecule has 3 fully saturated rings. The first kappa shape index (κ1) is 22.4. The number of rotatable bonds is 7. The Hall–Kier alpha value is -0.750. The summed E-state index contributed by atoms with van der Waals surface area (Å²) in [7, 11) is -3.70. The summed E-state index contributed by atoms with van der Waals surface area (Å²) in [6.45, 7) is 5.36. The van der Waals surface area contributed by atoms with Gasteiger partial charge in [-0.05, 0) is 61.8 Å². The van der Waals surface area contributed by atoms with Crippen LogP contribution in [0.25, 0.3) is 0 Å². The number of carbonyl (C=O) groups is 1. The van der Waals surface area contributed by atoms with Crippen molar-refractivity contribution in [3.63, 3.8) is 0 Å². The van der Waals surface area contributed by atoms with Gasteiger partial charge >= 0.3 is 0 Å². The molecule has 1 N–H and O–H groups in total. The average molecular weight is 472 g/mol. The minimum absolute atomic E-state index is 0.232. The molecule has 7 nitrogen and oxygen atoms in total. The predicted octanol–water partition coefficient (Wildman–Crippen LogP) is 2.22. The minimum atomic E-state index is -3.70. The number of anilines is 1. The van der Waals surface area contributed by atoms with Crippen LogP contribution in [0.15, 0.2) is 24.3 Å². The lowest BCUT2D eigenvalue weighted by molar-refractivity contribution is -0.122. The number of ether oxygens (including phenoxy) is 1. The molecule has 30 heavy (non-hydrogen) atoms. The minimum Gasteiger partial charge on any atom is -0.379 e. The maximum Gasteiger partial charge on any atom is 0.246 e. The zero-order chi connectivity index (χ0) is 21.4. The van der Waals surface area contributed by atoms with E-state index < -0.39 is 15.0 Å². The van der Waals surface area contributed by atoms with Crippen molar-refractivity contribution in [3.05, 3.63) is 29.8 Å². The largest absolute Gasteiger partial charge is 0.379 e.